The highest BCUT2D eigenvalue weighted by molar-refractivity contribution is 8.00. The molecule has 156 valence electrons. The Hall–Kier alpha value is -2.30. The molecule has 4 aromatic rings. The number of benzene rings is 1. The van der Waals surface area contributed by atoms with E-state index in [1.165, 1.54) is 23.6 Å². The molecule has 0 bridgehead atoms. The van der Waals surface area contributed by atoms with Crippen molar-refractivity contribution in [3.63, 3.8) is 0 Å². The summed E-state index contributed by atoms with van der Waals surface area (Å²) >= 11 is 4.90. The van der Waals surface area contributed by atoms with Gasteiger partial charge in [-0.2, -0.15) is 0 Å². The third-order valence-corrected chi connectivity index (χ3v) is 7.59. The number of carbonyl (C=O) groups is 1. The zero-order valence-corrected chi connectivity index (χ0v) is 19.2. The Balaban J connectivity index is 1.42. The molecule has 0 aliphatic heterocycles. The first-order valence-corrected chi connectivity index (χ1v) is 12.1. The largest absolute Gasteiger partial charge is 0.465 e. The molecule has 0 saturated carbocycles. The van der Waals surface area contributed by atoms with E-state index in [1.54, 1.807) is 36.1 Å². The number of ether oxygens (including phenoxy) is 1. The lowest BCUT2D eigenvalue weighted by Gasteiger charge is -2.05. The smallest absolute Gasteiger partial charge is 0.341 e. The molecule has 3 aromatic heterocycles. The molecule has 0 N–H and O–H groups in total. The number of aryl methyl sites for hydroxylation is 1. The third kappa shape index (κ3) is 4.40. The zero-order valence-electron chi connectivity index (χ0n) is 16.7. The molecule has 1 aromatic carbocycles. The third-order valence-electron chi connectivity index (χ3n) is 4.43. The highest BCUT2D eigenvalue weighted by Gasteiger charge is 2.17. The van der Waals surface area contributed by atoms with Gasteiger partial charge in [0.05, 0.1) is 28.8 Å². The van der Waals surface area contributed by atoms with E-state index in [2.05, 4.69) is 32.7 Å². The predicted octanol–water partition coefficient (Wildman–Crippen LogP) is 5.18. The standard InChI is InChI=1S/C20H20N4O3S3/c1-4-24-17(11-29-20-21-15-7-5-6-8-16(15)30-20)22-23-19(24)28-10-13-9-14(12(2)27-13)18(25)26-3/h5-9H,4,10-11H2,1-3H3. The lowest BCUT2D eigenvalue weighted by molar-refractivity contribution is 0.0599. The van der Waals surface area contributed by atoms with Crippen LogP contribution >= 0.6 is 34.9 Å². The Labute approximate surface area is 186 Å². The van der Waals surface area contributed by atoms with Crippen molar-refractivity contribution >= 4 is 51.0 Å². The number of fused-ring (bicyclic) bond motifs is 1. The number of para-hydroxylation sites is 1. The topological polar surface area (TPSA) is 83.0 Å². The van der Waals surface area contributed by atoms with Crippen LogP contribution in [0.2, 0.25) is 0 Å². The number of esters is 1. The minimum absolute atomic E-state index is 0.390. The van der Waals surface area contributed by atoms with E-state index in [0.29, 0.717) is 28.6 Å². The molecule has 7 nitrogen and oxygen atoms in total. The van der Waals surface area contributed by atoms with Crippen LogP contribution in [0, 0.1) is 6.92 Å². The average molecular weight is 461 g/mol. The van der Waals surface area contributed by atoms with Crippen molar-refractivity contribution in [1.29, 1.82) is 0 Å². The van der Waals surface area contributed by atoms with E-state index in [0.717, 1.165) is 27.4 Å². The van der Waals surface area contributed by atoms with Crippen molar-refractivity contribution in [2.24, 2.45) is 0 Å². The first-order valence-electron chi connectivity index (χ1n) is 9.30. The van der Waals surface area contributed by atoms with Crippen LogP contribution in [-0.2, 0) is 22.8 Å². The van der Waals surface area contributed by atoms with E-state index in [1.807, 2.05) is 18.2 Å². The van der Waals surface area contributed by atoms with Crippen LogP contribution < -0.4 is 0 Å². The average Bonchev–Trinajstić information content (AvgIpc) is 3.45. The number of thiazole rings is 1. The highest BCUT2D eigenvalue weighted by Crippen LogP contribution is 2.32. The minimum atomic E-state index is -0.390. The molecule has 10 heteroatoms. The van der Waals surface area contributed by atoms with Crippen LogP contribution in [0.25, 0.3) is 10.2 Å². The molecule has 3 heterocycles. The van der Waals surface area contributed by atoms with Crippen molar-refractivity contribution in [2.45, 2.75) is 41.4 Å². The number of methoxy groups -OCH3 is 1. The number of nitrogens with zero attached hydrogens (tertiary/aromatic N) is 4. The number of hydrogen-bond donors (Lipinski definition) is 0. The summed E-state index contributed by atoms with van der Waals surface area (Å²) in [7, 11) is 1.36. The predicted molar refractivity (Wildman–Crippen MR) is 119 cm³/mol. The number of furan rings is 1. The molecule has 0 saturated heterocycles. The molecular weight excluding hydrogens is 440 g/mol. The van der Waals surface area contributed by atoms with Crippen molar-refractivity contribution in [3.05, 3.63) is 53.2 Å². The van der Waals surface area contributed by atoms with Gasteiger partial charge in [-0.05, 0) is 32.0 Å². The summed E-state index contributed by atoms with van der Waals surface area (Å²) in [5, 5.41) is 9.55. The van der Waals surface area contributed by atoms with Crippen LogP contribution in [0.5, 0.6) is 0 Å². The van der Waals surface area contributed by atoms with E-state index in [-0.39, 0.29) is 0 Å². The maximum absolute atomic E-state index is 11.7. The molecule has 4 rings (SSSR count). The van der Waals surface area contributed by atoms with Crippen molar-refractivity contribution < 1.29 is 13.9 Å². The fraction of sp³-hybridized carbons (Fsp3) is 0.300. The van der Waals surface area contributed by atoms with Gasteiger partial charge in [-0.25, -0.2) is 9.78 Å². The first-order chi connectivity index (χ1) is 14.6. The lowest BCUT2D eigenvalue weighted by Crippen LogP contribution is -2.02. The van der Waals surface area contributed by atoms with Gasteiger partial charge in [-0.15, -0.1) is 21.5 Å². The van der Waals surface area contributed by atoms with E-state index in [4.69, 9.17) is 9.15 Å². The second-order valence-electron chi connectivity index (χ2n) is 6.34. The monoisotopic (exact) mass is 460 g/mol. The molecule has 0 amide bonds. The van der Waals surface area contributed by atoms with Gasteiger partial charge in [0, 0.05) is 6.54 Å². The Morgan fingerprint density at radius 3 is 2.83 bits per heavy atom. The first kappa shape index (κ1) is 21.0. The normalized spacial score (nSPS) is 11.3. The van der Waals surface area contributed by atoms with Crippen molar-refractivity contribution in [1.82, 2.24) is 19.7 Å². The number of aromatic nitrogens is 4. The Morgan fingerprint density at radius 2 is 2.07 bits per heavy atom. The SMILES string of the molecule is CCn1c(CSc2nc3ccccc3s2)nnc1SCc1cc(C(=O)OC)c(C)o1. The molecule has 30 heavy (non-hydrogen) atoms. The number of thioether (sulfide) groups is 2. The quantitative estimate of drug-likeness (QED) is 0.263. The fourth-order valence-electron chi connectivity index (χ4n) is 2.95. The van der Waals surface area contributed by atoms with Crippen LogP contribution in [0.15, 0.2) is 44.2 Å². The van der Waals surface area contributed by atoms with Crippen LogP contribution in [0.4, 0.5) is 0 Å². The second-order valence-corrected chi connectivity index (χ2v) is 9.54. The van der Waals surface area contributed by atoms with Gasteiger partial charge < -0.3 is 13.7 Å². The van der Waals surface area contributed by atoms with E-state index >= 15 is 0 Å². The fourth-order valence-corrected chi connectivity index (χ4v) is 5.86. The minimum Gasteiger partial charge on any atom is -0.465 e. The Bertz CT molecular complexity index is 1150. The number of hydrogen-bond acceptors (Lipinski definition) is 9. The van der Waals surface area contributed by atoms with Crippen LogP contribution in [-0.4, -0.2) is 32.8 Å². The maximum atomic E-state index is 11.7. The Kier molecular flexibility index (Phi) is 6.45. The van der Waals surface area contributed by atoms with Gasteiger partial charge in [-0.3, -0.25) is 0 Å². The van der Waals surface area contributed by atoms with E-state index in [9.17, 15) is 4.79 Å². The molecular formula is C20H20N4O3S3. The molecule has 0 unspecified atom stereocenters. The summed E-state index contributed by atoms with van der Waals surface area (Å²) in [5.41, 5.74) is 1.48. The van der Waals surface area contributed by atoms with Gasteiger partial charge in [0.2, 0.25) is 0 Å². The number of rotatable bonds is 8. The van der Waals surface area contributed by atoms with Crippen molar-refractivity contribution in [2.75, 3.05) is 7.11 Å². The van der Waals surface area contributed by atoms with Gasteiger partial charge in [-0.1, -0.05) is 35.7 Å². The number of carbonyl (C=O) groups excluding carboxylic acids is 1. The van der Waals surface area contributed by atoms with Gasteiger partial charge in [0.25, 0.3) is 0 Å². The second kappa shape index (κ2) is 9.23. The zero-order chi connectivity index (χ0) is 21.1. The highest BCUT2D eigenvalue weighted by atomic mass is 32.2. The maximum Gasteiger partial charge on any atom is 0.341 e. The summed E-state index contributed by atoms with van der Waals surface area (Å²) in [6, 6.07) is 9.87. The van der Waals surface area contributed by atoms with Crippen molar-refractivity contribution in [3.8, 4) is 0 Å². The Morgan fingerprint density at radius 1 is 1.23 bits per heavy atom. The summed E-state index contributed by atoms with van der Waals surface area (Å²) in [6.45, 7) is 4.60. The summed E-state index contributed by atoms with van der Waals surface area (Å²) in [6.07, 6.45) is 0. The van der Waals surface area contributed by atoms with Crippen LogP contribution in [0.3, 0.4) is 0 Å². The molecule has 0 radical (unpaired) electrons. The summed E-state index contributed by atoms with van der Waals surface area (Å²) in [4.78, 5) is 16.4. The molecule has 0 fully saturated rings. The molecule has 0 spiro atoms. The summed E-state index contributed by atoms with van der Waals surface area (Å²) < 4.78 is 14.8. The van der Waals surface area contributed by atoms with Gasteiger partial charge in [0.1, 0.15) is 22.9 Å². The lowest BCUT2D eigenvalue weighted by atomic mass is 10.2. The van der Waals surface area contributed by atoms with E-state index < -0.39 is 5.97 Å². The summed E-state index contributed by atoms with van der Waals surface area (Å²) in [5.74, 6) is 3.04. The molecule has 0 aliphatic carbocycles. The molecule has 0 atom stereocenters. The molecule has 0 aliphatic rings. The van der Waals surface area contributed by atoms with Gasteiger partial charge in [0.15, 0.2) is 9.50 Å². The van der Waals surface area contributed by atoms with Crippen LogP contribution in [0.1, 0.15) is 34.6 Å². The van der Waals surface area contributed by atoms with Gasteiger partial charge >= 0.3 is 5.97 Å².